The predicted molar refractivity (Wildman–Crippen MR) is 87.1 cm³/mol. The van der Waals surface area contributed by atoms with E-state index >= 15 is 0 Å². The second kappa shape index (κ2) is 4.61. The van der Waals surface area contributed by atoms with Gasteiger partial charge in [0, 0.05) is 6.04 Å². The van der Waals surface area contributed by atoms with Crippen molar-refractivity contribution >= 4 is 0 Å². The van der Waals surface area contributed by atoms with Crippen LogP contribution in [0.15, 0.2) is 24.0 Å². The van der Waals surface area contributed by atoms with Crippen molar-refractivity contribution in [1.29, 1.82) is 0 Å². The summed E-state index contributed by atoms with van der Waals surface area (Å²) in [6, 6.07) is 0.294. The molecule has 0 amide bonds. The van der Waals surface area contributed by atoms with E-state index in [1.54, 1.807) is 0 Å². The van der Waals surface area contributed by atoms with Crippen molar-refractivity contribution in [1.82, 2.24) is 0 Å². The van der Waals surface area contributed by atoms with E-state index in [2.05, 4.69) is 19.9 Å². The first-order chi connectivity index (χ1) is 10.4. The lowest BCUT2D eigenvalue weighted by atomic mass is 9.46. The van der Waals surface area contributed by atoms with E-state index in [0.717, 1.165) is 19.3 Å². The molecule has 3 unspecified atom stereocenters. The maximum Gasteiger partial charge on any atom is 0.111 e. The molecule has 4 rings (SSSR count). The van der Waals surface area contributed by atoms with Crippen molar-refractivity contribution in [2.75, 3.05) is 0 Å². The van der Waals surface area contributed by atoms with Crippen molar-refractivity contribution in [2.45, 2.75) is 58.1 Å². The number of fused-ring (bicyclic) bond motifs is 5. The normalized spacial score (nSPS) is 56.8. The van der Waals surface area contributed by atoms with E-state index in [9.17, 15) is 10.2 Å². The minimum Gasteiger partial charge on any atom is -0.508 e. The first kappa shape index (κ1) is 14.8. The zero-order chi connectivity index (χ0) is 15.7. The molecule has 3 nitrogen and oxygen atoms in total. The van der Waals surface area contributed by atoms with E-state index in [1.807, 2.05) is 12.2 Å². The highest BCUT2D eigenvalue weighted by Gasteiger charge is 2.60. The molecule has 0 aromatic rings. The van der Waals surface area contributed by atoms with Gasteiger partial charge in [-0.15, -0.1) is 0 Å². The number of hydrogen-bond acceptors (Lipinski definition) is 3. The quantitative estimate of drug-likeness (QED) is 0.644. The van der Waals surface area contributed by atoms with Crippen molar-refractivity contribution in [2.24, 2.45) is 40.2 Å². The molecule has 0 bridgehead atoms. The molecule has 22 heavy (non-hydrogen) atoms. The van der Waals surface area contributed by atoms with Gasteiger partial charge in [-0.25, -0.2) is 0 Å². The number of rotatable bonds is 0. The predicted octanol–water partition coefficient (Wildman–Crippen LogP) is 3.16. The summed E-state index contributed by atoms with van der Waals surface area (Å²) in [6.45, 7) is 4.69. The molecule has 4 aliphatic rings. The number of aliphatic hydroxyl groups excluding tert-OH is 2. The average molecular weight is 303 g/mol. The van der Waals surface area contributed by atoms with Gasteiger partial charge in [-0.2, -0.15) is 0 Å². The van der Waals surface area contributed by atoms with Crippen LogP contribution in [0.25, 0.3) is 0 Å². The number of hydrogen-bond donors (Lipinski definition) is 3. The molecule has 3 heteroatoms. The molecule has 0 saturated heterocycles. The Morgan fingerprint density at radius 1 is 1.18 bits per heavy atom. The summed E-state index contributed by atoms with van der Waals surface area (Å²) in [7, 11) is 0. The highest BCUT2D eigenvalue weighted by atomic mass is 16.3. The third kappa shape index (κ3) is 1.75. The summed E-state index contributed by atoms with van der Waals surface area (Å²) in [6.07, 6.45) is 11.2. The van der Waals surface area contributed by atoms with E-state index in [1.165, 1.54) is 12.8 Å². The number of nitrogens with two attached hydrogens (primary N) is 1. The van der Waals surface area contributed by atoms with Crippen molar-refractivity contribution in [3.05, 3.63) is 24.0 Å². The van der Waals surface area contributed by atoms with Crippen LogP contribution >= 0.6 is 0 Å². The molecule has 122 valence electrons. The van der Waals surface area contributed by atoms with E-state index in [4.69, 9.17) is 5.73 Å². The molecule has 0 radical (unpaired) electrons. The fraction of sp³-hybridized carbons (Fsp3) is 0.789. The zero-order valence-electron chi connectivity index (χ0n) is 13.7. The highest BCUT2D eigenvalue weighted by Crippen LogP contribution is 2.64. The van der Waals surface area contributed by atoms with E-state index < -0.39 is 0 Å². The summed E-state index contributed by atoms with van der Waals surface area (Å²) < 4.78 is 0. The topological polar surface area (TPSA) is 66.5 Å². The lowest BCUT2D eigenvalue weighted by Crippen LogP contribution is -2.57. The van der Waals surface area contributed by atoms with Gasteiger partial charge in [0.05, 0.1) is 6.10 Å². The maximum absolute atomic E-state index is 10.9. The molecule has 0 aromatic carbocycles. The van der Waals surface area contributed by atoms with Crippen LogP contribution in [-0.4, -0.2) is 22.4 Å². The van der Waals surface area contributed by atoms with E-state index in [0.29, 0.717) is 29.6 Å². The Balaban J connectivity index is 1.72. The molecular weight excluding hydrogens is 274 g/mol. The summed E-state index contributed by atoms with van der Waals surface area (Å²) >= 11 is 0. The van der Waals surface area contributed by atoms with Crippen LogP contribution in [0.2, 0.25) is 0 Å². The molecule has 0 spiro atoms. The summed E-state index contributed by atoms with van der Waals surface area (Å²) in [5.74, 6) is 2.05. The van der Waals surface area contributed by atoms with Gasteiger partial charge in [-0.05, 0) is 78.8 Å². The molecule has 0 aromatic heterocycles. The van der Waals surface area contributed by atoms with Crippen LogP contribution in [0.4, 0.5) is 0 Å². The number of allylic oxidation sites excluding steroid dienone is 3. The minimum absolute atomic E-state index is 0.0736. The van der Waals surface area contributed by atoms with Gasteiger partial charge in [-0.1, -0.05) is 19.9 Å². The molecule has 3 fully saturated rings. The van der Waals surface area contributed by atoms with Gasteiger partial charge in [0.2, 0.25) is 0 Å². The second-order valence-corrected chi connectivity index (χ2v) is 8.72. The fourth-order valence-corrected chi connectivity index (χ4v) is 6.47. The van der Waals surface area contributed by atoms with Crippen LogP contribution in [0.5, 0.6) is 0 Å². The third-order valence-corrected chi connectivity index (χ3v) is 7.93. The van der Waals surface area contributed by atoms with Gasteiger partial charge in [-0.3, -0.25) is 0 Å². The SMILES string of the molecule is C[C@]12C=CC(O)=CC1CC(O)[C@@H]1[C@H]2CC[C@]2(C)C(N)CC[C@@H]12. The lowest BCUT2D eigenvalue weighted by molar-refractivity contribution is -0.124. The monoisotopic (exact) mass is 303 g/mol. The van der Waals surface area contributed by atoms with Gasteiger partial charge < -0.3 is 15.9 Å². The van der Waals surface area contributed by atoms with Crippen LogP contribution < -0.4 is 5.73 Å². The third-order valence-electron chi connectivity index (χ3n) is 7.93. The highest BCUT2D eigenvalue weighted by molar-refractivity contribution is 5.27. The van der Waals surface area contributed by atoms with Crippen LogP contribution in [-0.2, 0) is 0 Å². The van der Waals surface area contributed by atoms with Crippen LogP contribution in [0.1, 0.15) is 46.0 Å². The largest absolute Gasteiger partial charge is 0.508 e. The second-order valence-electron chi connectivity index (χ2n) is 8.72. The molecule has 4 aliphatic carbocycles. The number of aliphatic hydroxyl groups is 2. The average Bonchev–Trinajstić information content (AvgIpc) is 2.77. The summed E-state index contributed by atoms with van der Waals surface area (Å²) in [5.41, 5.74) is 6.72. The molecule has 8 atom stereocenters. The zero-order valence-corrected chi connectivity index (χ0v) is 13.7. The smallest absolute Gasteiger partial charge is 0.111 e. The van der Waals surface area contributed by atoms with Crippen molar-refractivity contribution < 1.29 is 10.2 Å². The van der Waals surface area contributed by atoms with E-state index in [-0.39, 0.29) is 22.9 Å². The van der Waals surface area contributed by atoms with Crippen LogP contribution in [0, 0.1) is 34.5 Å². The van der Waals surface area contributed by atoms with Crippen molar-refractivity contribution in [3.63, 3.8) is 0 Å². The van der Waals surface area contributed by atoms with Gasteiger partial charge in [0.25, 0.3) is 0 Å². The molecular formula is C19H29NO2. The van der Waals surface area contributed by atoms with Crippen LogP contribution in [0.3, 0.4) is 0 Å². The Bertz CT molecular complexity index is 542. The fourth-order valence-electron chi connectivity index (χ4n) is 6.47. The Labute approximate surface area is 133 Å². The van der Waals surface area contributed by atoms with Gasteiger partial charge in [0.1, 0.15) is 5.76 Å². The Kier molecular flexibility index (Phi) is 3.09. The molecule has 4 N–H and O–H groups in total. The lowest BCUT2D eigenvalue weighted by Gasteiger charge is -2.59. The van der Waals surface area contributed by atoms with Gasteiger partial charge >= 0.3 is 0 Å². The molecule has 0 aliphatic heterocycles. The molecule has 3 saturated carbocycles. The maximum atomic E-state index is 10.9. The summed E-state index contributed by atoms with van der Waals surface area (Å²) in [5, 5.41) is 20.8. The summed E-state index contributed by atoms with van der Waals surface area (Å²) in [4.78, 5) is 0. The van der Waals surface area contributed by atoms with Crippen molar-refractivity contribution in [3.8, 4) is 0 Å². The Morgan fingerprint density at radius 3 is 2.73 bits per heavy atom. The Morgan fingerprint density at radius 2 is 1.95 bits per heavy atom. The van der Waals surface area contributed by atoms with Gasteiger partial charge in [0.15, 0.2) is 0 Å². The minimum atomic E-state index is -0.256. The molecule has 0 heterocycles. The Hall–Kier alpha value is -0.800. The first-order valence-electron chi connectivity index (χ1n) is 8.90. The standard InChI is InChI=1S/C19H29NO2/c1-18-7-5-12(21)9-11(18)10-15(22)17-13-3-4-16(20)19(13,2)8-6-14(17)18/h5,7,9,11,13-17,21-22H,3-4,6,8,10,20H2,1-2H3/t11?,13-,14+,15?,16?,17-,18-,19-/m0/s1. The first-order valence-corrected chi connectivity index (χ1v) is 8.90.